The molecule has 0 aliphatic heterocycles. The number of aliphatic hydroxyl groups excluding tert-OH is 1. The fourth-order valence-corrected chi connectivity index (χ4v) is 2.26. The molecule has 1 N–H and O–H groups in total. The van der Waals surface area contributed by atoms with Crippen molar-refractivity contribution in [2.75, 3.05) is 34.0 Å². The van der Waals surface area contributed by atoms with Crippen LogP contribution in [-0.2, 0) is 11.3 Å². The molecule has 0 radical (unpaired) electrons. The first kappa shape index (κ1) is 19.5. The van der Waals surface area contributed by atoms with Crippen molar-refractivity contribution < 1.29 is 19.3 Å². The van der Waals surface area contributed by atoms with Crippen molar-refractivity contribution in [3.8, 4) is 11.5 Å². The molecule has 0 saturated carbocycles. The number of benzene rings is 1. The first-order valence-electron chi connectivity index (χ1n) is 7.82. The quantitative estimate of drug-likeness (QED) is 0.501. The van der Waals surface area contributed by atoms with Crippen LogP contribution in [0.15, 0.2) is 30.9 Å². The second-order valence-electron chi connectivity index (χ2n) is 5.72. The maximum atomic E-state index is 10.1. The Kier molecular flexibility index (Phi) is 8.69. The molecule has 0 aliphatic rings. The van der Waals surface area contributed by atoms with Crippen molar-refractivity contribution in [1.29, 1.82) is 0 Å². The van der Waals surface area contributed by atoms with Crippen LogP contribution in [0.4, 0.5) is 0 Å². The highest BCUT2D eigenvalue weighted by Gasteiger charge is 2.16. The molecule has 1 rings (SSSR count). The number of hydrogen-bond donors (Lipinski definition) is 1. The van der Waals surface area contributed by atoms with Crippen molar-refractivity contribution in [3.05, 3.63) is 36.4 Å². The molecular formula is C18H29NO4. The van der Waals surface area contributed by atoms with E-state index in [9.17, 15) is 5.11 Å². The molecular weight excluding hydrogens is 294 g/mol. The van der Waals surface area contributed by atoms with Gasteiger partial charge < -0.3 is 19.3 Å². The minimum absolute atomic E-state index is 0.293. The Labute approximate surface area is 139 Å². The van der Waals surface area contributed by atoms with Crippen LogP contribution in [0.25, 0.3) is 0 Å². The average Bonchev–Trinajstić information content (AvgIpc) is 2.53. The molecule has 0 aromatic heterocycles. The molecule has 130 valence electrons. The summed E-state index contributed by atoms with van der Waals surface area (Å²) >= 11 is 0. The SMILES string of the molecule is C=CCOC[C@@H](O)CN(Cc1cc(OC)cc(OC)c1)C(C)C. The van der Waals surface area contributed by atoms with E-state index in [1.165, 1.54) is 0 Å². The zero-order valence-corrected chi connectivity index (χ0v) is 14.6. The van der Waals surface area contributed by atoms with E-state index in [2.05, 4.69) is 25.3 Å². The Morgan fingerprint density at radius 2 is 1.78 bits per heavy atom. The number of nitrogens with zero attached hydrogens (tertiary/aromatic N) is 1. The van der Waals surface area contributed by atoms with E-state index in [4.69, 9.17) is 14.2 Å². The third-order valence-corrected chi connectivity index (χ3v) is 3.52. The molecule has 0 fully saturated rings. The van der Waals surface area contributed by atoms with E-state index < -0.39 is 6.10 Å². The van der Waals surface area contributed by atoms with Crippen molar-refractivity contribution in [2.24, 2.45) is 0 Å². The van der Waals surface area contributed by atoms with Gasteiger partial charge in [0.05, 0.1) is 33.5 Å². The van der Waals surface area contributed by atoms with E-state index in [1.54, 1.807) is 20.3 Å². The molecule has 0 heterocycles. The van der Waals surface area contributed by atoms with E-state index in [1.807, 2.05) is 18.2 Å². The Morgan fingerprint density at radius 3 is 2.26 bits per heavy atom. The van der Waals surface area contributed by atoms with Crippen LogP contribution in [0.3, 0.4) is 0 Å². The fraction of sp³-hybridized carbons (Fsp3) is 0.556. The first-order valence-corrected chi connectivity index (χ1v) is 7.82. The Morgan fingerprint density at radius 1 is 1.17 bits per heavy atom. The van der Waals surface area contributed by atoms with Crippen LogP contribution >= 0.6 is 0 Å². The van der Waals surface area contributed by atoms with E-state index in [0.717, 1.165) is 17.1 Å². The molecule has 0 saturated heterocycles. The van der Waals surface area contributed by atoms with Gasteiger partial charge in [0.1, 0.15) is 11.5 Å². The van der Waals surface area contributed by atoms with Crippen LogP contribution < -0.4 is 9.47 Å². The van der Waals surface area contributed by atoms with Crippen LogP contribution in [0, 0.1) is 0 Å². The molecule has 1 aromatic rings. The lowest BCUT2D eigenvalue weighted by Gasteiger charge is -2.29. The summed E-state index contributed by atoms with van der Waals surface area (Å²) in [4.78, 5) is 2.19. The molecule has 5 nitrogen and oxygen atoms in total. The number of rotatable bonds is 11. The van der Waals surface area contributed by atoms with Crippen molar-refractivity contribution >= 4 is 0 Å². The third-order valence-electron chi connectivity index (χ3n) is 3.52. The third kappa shape index (κ3) is 7.03. The highest BCUT2D eigenvalue weighted by molar-refractivity contribution is 5.38. The first-order chi connectivity index (χ1) is 11.0. The van der Waals surface area contributed by atoms with Crippen molar-refractivity contribution in [2.45, 2.75) is 32.5 Å². The molecule has 0 spiro atoms. The predicted molar refractivity (Wildman–Crippen MR) is 92.1 cm³/mol. The lowest BCUT2D eigenvalue weighted by molar-refractivity contribution is 0.0178. The summed E-state index contributed by atoms with van der Waals surface area (Å²) in [6, 6.07) is 6.11. The molecule has 0 bridgehead atoms. The van der Waals surface area contributed by atoms with Crippen molar-refractivity contribution in [1.82, 2.24) is 4.90 Å². The summed E-state index contributed by atoms with van der Waals surface area (Å²) in [5.41, 5.74) is 1.08. The van der Waals surface area contributed by atoms with Crippen LogP contribution in [0.1, 0.15) is 19.4 Å². The maximum absolute atomic E-state index is 10.1. The lowest BCUT2D eigenvalue weighted by Crippen LogP contribution is -2.38. The average molecular weight is 323 g/mol. The monoisotopic (exact) mass is 323 g/mol. The zero-order chi connectivity index (χ0) is 17.2. The summed E-state index contributed by atoms with van der Waals surface area (Å²) in [6.07, 6.45) is 1.14. The van der Waals surface area contributed by atoms with Crippen molar-refractivity contribution in [3.63, 3.8) is 0 Å². The summed E-state index contributed by atoms with van der Waals surface area (Å²) in [5.74, 6) is 1.52. The Balaban J connectivity index is 2.73. The van der Waals surface area contributed by atoms with Gasteiger partial charge in [0, 0.05) is 25.2 Å². The molecule has 0 aliphatic carbocycles. The minimum Gasteiger partial charge on any atom is -0.497 e. The zero-order valence-electron chi connectivity index (χ0n) is 14.6. The lowest BCUT2D eigenvalue weighted by atomic mass is 10.1. The highest BCUT2D eigenvalue weighted by Crippen LogP contribution is 2.24. The molecule has 1 aromatic carbocycles. The van der Waals surface area contributed by atoms with E-state index >= 15 is 0 Å². The van der Waals surface area contributed by atoms with E-state index in [-0.39, 0.29) is 0 Å². The highest BCUT2D eigenvalue weighted by atomic mass is 16.5. The van der Waals surface area contributed by atoms with Crippen LogP contribution in [0.2, 0.25) is 0 Å². The molecule has 0 unspecified atom stereocenters. The maximum Gasteiger partial charge on any atom is 0.122 e. The minimum atomic E-state index is -0.537. The Hall–Kier alpha value is -1.56. The van der Waals surface area contributed by atoms with Gasteiger partial charge in [0.2, 0.25) is 0 Å². The fourth-order valence-electron chi connectivity index (χ4n) is 2.26. The molecule has 23 heavy (non-hydrogen) atoms. The summed E-state index contributed by atoms with van der Waals surface area (Å²) in [7, 11) is 3.28. The number of ether oxygens (including phenoxy) is 3. The van der Waals surface area contributed by atoms with Gasteiger partial charge in [-0.25, -0.2) is 0 Å². The van der Waals surface area contributed by atoms with Crippen LogP contribution in [-0.4, -0.2) is 56.1 Å². The van der Waals surface area contributed by atoms with Gasteiger partial charge in [0.15, 0.2) is 0 Å². The molecule has 0 amide bonds. The van der Waals surface area contributed by atoms with Gasteiger partial charge in [0.25, 0.3) is 0 Å². The summed E-state index contributed by atoms with van der Waals surface area (Å²) in [5, 5.41) is 10.1. The standard InChI is InChI=1S/C18H29NO4/c1-6-7-23-13-16(20)12-19(14(2)3)11-15-8-17(21-4)10-18(9-15)22-5/h6,8-10,14,16,20H,1,7,11-13H2,2-5H3/t16-/m0/s1. The smallest absolute Gasteiger partial charge is 0.122 e. The van der Waals surface area contributed by atoms with E-state index in [0.29, 0.717) is 32.3 Å². The second kappa shape index (κ2) is 10.3. The molecule has 1 atom stereocenters. The van der Waals surface area contributed by atoms with Gasteiger partial charge >= 0.3 is 0 Å². The summed E-state index contributed by atoms with van der Waals surface area (Å²) < 4.78 is 15.9. The number of methoxy groups -OCH3 is 2. The predicted octanol–water partition coefficient (Wildman–Crippen LogP) is 2.48. The Bertz CT molecular complexity index is 454. The van der Waals surface area contributed by atoms with Gasteiger partial charge in [-0.3, -0.25) is 4.90 Å². The molecule has 5 heteroatoms. The largest absolute Gasteiger partial charge is 0.497 e. The van der Waals surface area contributed by atoms with Gasteiger partial charge in [-0.15, -0.1) is 6.58 Å². The number of aliphatic hydroxyl groups is 1. The van der Waals surface area contributed by atoms with Gasteiger partial charge in [-0.1, -0.05) is 6.08 Å². The van der Waals surface area contributed by atoms with Crippen LogP contribution in [0.5, 0.6) is 11.5 Å². The van der Waals surface area contributed by atoms with Gasteiger partial charge in [-0.2, -0.15) is 0 Å². The number of hydrogen-bond acceptors (Lipinski definition) is 5. The summed E-state index contributed by atoms with van der Waals surface area (Å²) in [6.45, 7) is 9.79. The topological polar surface area (TPSA) is 51.2 Å². The second-order valence-corrected chi connectivity index (χ2v) is 5.72. The van der Waals surface area contributed by atoms with Gasteiger partial charge in [-0.05, 0) is 31.5 Å². The normalized spacial score (nSPS) is 12.5.